The van der Waals surface area contributed by atoms with Gasteiger partial charge >= 0.3 is 0 Å². The molecule has 0 saturated carbocycles. The van der Waals surface area contributed by atoms with Gasteiger partial charge in [0.15, 0.2) is 0 Å². The summed E-state index contributed by atoms with van der Waals surface area (Å²) >= 11 is 0. The van der Waals surface area contributed by atoms with Gasteiger partial charge in [-0.3, -0.25) is 9.52 Å². The normalized spacial score (nSPS) is 11.1. The van der Waals surface area contributed by atoms with Crippen LogP contribution >= 0.6 is 0 Å². The van der Waals surface area contributed by atoms with E-state index >= 15 is 0 Å². The third-order valence-electron chi connectivity index (χ3n) is 2.14. The van der Waals surface area contributed by atoms with Gasteiger partial charge in [-0.25, -0.2) is 8.42 Å². The molecule has 0 fully saturated rings. The molecule has 6 nitrogen and oxygen atoms in total. The third-order valence-corrected chi connectivity index (χ3v) is 2.73. The maximum absolute atomic E-state index is 11.4. The molecule has 0 saturated heterocycles. The Labute approximate surface area is 107 Å². The summed E-state index contributed by atoms with van der Waals surface area (Å²) in [5.41, 5.74) is 1.87. The number of carbonyl (C=O) groups excluding carboxylic acids is 1. The number of rotatable bonds is 5. The van der Waals surface area contributed by atoms with Gasteiger partial charge in [0.05, 0.1) is 18.5 Å². The number of likely N-dealkylation sites (N-methyl/N-ethyl adjacent to an activating group) is 1. The van der Waals surface area contributed by atoms with Gasteiger partial charge in [-0.1, -0.05) is 0 Å². The van der Waals surface area contributed by atoms with Crippen LogP contribution in [0.1, 0.15) is 5.56 Å². The maximum atomic E-state index is 11.4. The van der Waals surface area contributed by atoms with Gasteiger partial charge in [-0.2, -0.15) is 0 Å². The first kappa shape index (κ1) is 14.5. The first-order chi connectivity index (χ1) is 8.31. The average molecular weight is 271 g/mol. The van der Waals surface area contributed by atoms with Crippen molar-refractivity contribution in [3.63, 3.8) is 0 Å². The molecule has 1 aromatic carbocycles. The summed E-state index contributed by atoms with van der Waals surface area (Å²) in [6, 6.07) is 4.97. The lowest BCUT2D eigenvalue weighted by Crippen LogP contribution is -2.25. The van der Waals surface area contributed by atoms with Crippen molar-refractivity contribution in [2.24, 2.45) is 0 Å². The Kier molecular flexibility index (Phi) is 4.69. The van der Waals surface area contributed by atoms with Crippen molar-refractivity contribution in [3.8, 4) is 0 Å². The number of aryl methyl sites for hydroxylation is 1. The minimum absolute atomic E-state index is 0.152. The number of sulfonamides is 1. The Morgan fingerprint density at radius 3 is 2.50 bits per heavy atom. The summed E-state index contributed by atoms with van der Waals surface area (Å²) in [4.78, 5) is 11.4. The Bertz CT molecular complexity index is 540. The van der Waals surface area contributed by atoms with E-state index < -0.39 is 10.0 Å². The zero-order chi connectivity index (χ0) is 13.8. The predicted molar refractivity (Wildman–Crippen MR) is 72.2 cm³/mol. The topological polar surface area (TPSA) is 87.3 Å². The molecule has 0 bridgehead atoms. The molecule has 0 heterocycles. The number of amides is 1. The second-order valence-electron chi connectivity index (χ2n) is 3.98. The number of hydrogen-bond acceptors (Lipinski definition) is 4. The highest BCUT2D eigenvalue weighted by Crippen LogP contribution is 2.20. The molecule has 1 rings (SSSR count). The highest BCUT2D eigenvalue weighted by molar-refractivity contribution is 7.92. The van der Waals surface area contributed by atoms with Crippen LogP contribution in [-0.2, 0) is 14.8 Å². The minimum Gasteiger partial charge on any atom is -0.325 e. The third kappa shape index (κ3) is 4.72. The predicted octanol–water partition coefficient (Wildman–Crippen LogP) is 0.524. The van der Waals surface area contributed by atoms with Crippen LogP contribution in [0.25, 0.3) is 0 Å². The molecule has 0 aliphatic rings. The fourth-order valence-electron chi connectivity index (χ4n) is 1.42. The summed E-state index contributed by atoms with van der Waals surface area (Å²) < 4.78 is 24.6. The molecule has 0 radical (unpaired) electrons. The molecule has 1 amide bonds. The molecule has 0 spiro atoms. The van der Waals surface area contributed by atoms with Crippen LogP contribution in [0.3, 0.4) is 0 Å². The number of benzene rings is 1. The monoisotopic (exact) mass is 271 g/mol. The van der Waals surface area contributed by atoms with E-state index in [0.717, 1.165) is 11.8 Å². The first-order valence-electron chi connectivity index (χ1n) is 5.34. The maximum Gasteiger partial charge on any atom is 0.238 e. The van der Waals surface area contributed by atoms with E-state index in [2.05, 4.69) is 15.4 Å². The lowest BCUT2D eigenvalue weighted by Gasteiger charge is -2.10. The molecule has 100 valence electrons. The highest BCUT2D eigenvalue weighted by atomic mass is 32.2. The SMILES string of the molecule is CNCC(=O)Nc1ccc(NS(C)(=O)=O)c(C)c1. The molecule has 0 aliphatic carbocycles. The quantitative estimate of drug-likeness (QED) is 0.729. The molecular formula is C11H17N3O3S. The van der Waals surface area contributed by atoms with E-state index in [-0.39, 0.29) is 12.5 Å². The zero-order valence-corrected chi connectivity index (χ0v) is 11.4. The summed E-state index contributed by atoms with van der Waals surface area (Å²) in [5, 5.41) is 5.44. The molecule has 18 heavy (non-hydrogen) atoms. The molecule has 0 atom stereocenters. The number of hydrogen-bond donors (Lipinski definition) is 3. The molecule has 7 heteroatoms. The van der Waals surface area contributed by atoms with Crippen LogP contribution in [0.15, 0.2) is 18.2 Å². The van der Waals surface area contributed by atoms with E-state index in [1.807, 2.05) is 0 Å². The van der Waals surface area contributed by atoms with Gasteiger partial charge in [0.1, 0.15) is 0 Å². The lowest BCUT2D eigenvalue weighted by atomic mass is 10.2. The first-order valence-corrected chi connectivity index (χ1v) is 7.24. The van der Waals surface area contributed by atoms with Gasteiger partial charge in [-0.05, 0) is 37.7 Å². The van der Waals surface area contributed by atoms with E-state index in [1.165, 1.54) is 0 Å². The summed E-state index contributed by atoms with van der Waals surface area (Å²) in [7, 11) is -1.61. The average Bonchev–Trinajstić information content (AvgIpc) is 2.21. The van der Waals surface area contributed by atoms with Crippen LogP contribution in [-0.4, -0.2) is 34.2 Å². The van der Waals surface area contributed by atoms with Crippen LogP contribution in [0.2, 0.25) is 0 Å². The fourth-order valence-corrected chi connectivity index (χ4v) is 2.05. The number of nitrogens with one attached hydrogen (secondary N) is 3. The second-order valence-corrected chi connectivity index (χ2v) is 5.73. The van der Waals surface area contributed by atoms with E-state index in [1.54, 1.807) is 32.2 Å². The lowest BCUT2D eigenvalue weighted by molar-refractivity contribution is -0.115. The van der Waals surface area contributed by atoms with Crippen molar-refractivity contribution in [1.29, 1.82) is 0 Å². The van der Waals surface area contributed by atoms with Crippen molar-refractivity contribution in [2.75, 3.05) is 29.9 Å². The van der Waals surface area contributed by atoms with Crippen molar-refractivity contribution in [2.45, 2.75) is 6.92 Å². The smallest absolute Gasteiger partial charge is 0.238 e. The summed E-state index contributed by atoms with van der Waals surface area (Å²) in [5.74, 6) is -0.152. The van der Waals surface area contributed by atoms with E-state index in [0.29, 0.717) is 11.4 Å². The van der Waals surface area contributed by atoms with Crippen LogP contribution in [0.5, 0.6) is 0 Å². The van der Waals surface area contributed by atoms with Gasteiger partial charge in [0.2, 0.25) is 15.9 Å². The van der Waals surface area contributed by atoms with Crippen molar-refractivity contribution in [3.05, 3.63) is 23.8 Å². The van der Waals surface area contributed by atoms with Gasteiger partial charge in [0, 0.05) is 5.69 Å². The summed E-state index contributed by atoms with van der Waals surface area (Å²) in [6.45, 7) is 1.99. The Morgan fingerprint density at radius 1 is 1.33 bits per heavy atom. The Balaban J connectivity index is 2.83. The largest absolute Gasteiger partial charge is 0.325 e. The number of carbonyl (C=O) groups is 1. The van der Waals surface area contributed by atoms with E-state index in [4.69, 9.17) is 0 Å². The van der Waals surface area contributed by atoms with Crippen LogP contribution in [0, 0.1) is 6.92 Å². The zero-order valence-electron chi connectivity index (χ0n) is 10.6. The standard InChI is InChI=1S/C11H17N3O3S/c1-8-6-9(13-11(15)7-12-2)4-5-10(8)14-18(3,16)17/h4-6,12,14H,7H2,1-3H3,(H,13,15). The van der Waals surface area contributed by atoms with Crippen molar-refractivity contribution in [1.82, 2.24) is 5.32 Å². The molecule has 3 N–H and O–H groups in total. The van der Waals surface area contributed by atoms with Gasteiger partial charge in [0.25, 0.3) is 0 Å². The number of anilines is 2. The highest BCUT2D eigenvalue weighted by Gasteiger charge is 2.06. The van der Waals surface area contributed by atoms with Crippen molar-refractivity contribution < 1.29 is 13.2 Å². The molecule has 0 unspecified atom stereocenters. The Morgan fingerprint density at radius 2 is 2.00 bits per heavy atom. The molecular weight excluding hydrogens is 254 g/mol. The molecule has 0 aromatic heterocycles. The minimum atomic E-state index is -3.29. The Hall–Kier alpha value is -1.60. The van der Waals surface area contributed by atoms with Crippen LogP contribution < -0.4 is 15.4 Å². The van der Waals surface area contributed by atoms with Crippen LogP contribution in [0.4, 0.5) is 11.4 Å². The van der Waals surface area contributed by atoms with E-state index in [9.17, 15) is 13.2 Å². The molecule has 1 aromatic rings. The van der Waals surface area contributed by atoms with Crippen molar-refractivity contribution >= 4 is 27.3 Å². The molecule has 0 aliphatic heterocycles. The fraction of sp³-hybridized carbons (Fsp3) is 0.364. The second kappa shape index (κ2) is 5.83. The summed E-state index contributed by atoms with van der Waals surface area (Å²) in [6.07, 6.45) is 1.09. The van der Waals surface area contributed by atoms with Gasteiger partial charge in [-0.15, -0.1) is 0 Å². The van der Waals surface area contributed by atoms with Gasteiger partial charge < -0.3 is 10.6 Å².